The molecule has 0 aliphatic rings. The molecule has 0 radical (unpaired) electrons. The Bertz CT molecular complexity index is 913. The molecule has 1 amide bonds. The van der Waals surface area contributed by atoms with E-state index < -0.39 is 0 Å². The molecule has 132 valence electrons. The molecule has 0 saturated carbocycles. The predicted molar refractivity (Wildman–Crippen MR) is 104 cm³/mol. The molecule has 1 heterocycles. The van der Waals surface area contributed by atoms with Crippen LogP contribution in [0.25, 0.3) is 0 Å². The van der Waals surface area contributed by atoms with E-state index in [4.69, 9.17) is 23.2 Å². The number of carbonyl (C=O) groups is 1. The van der Waals surface area contributed by atoms with Gasteiger partial charge in [0.2, 0.25) is 11.9 Å². The Kier molecular flexibility index (Phi) is 5.50. The average molecular weight is 389 g/mol. The van der Waals surface area contributed by atoms with E-state index in [0.29, 0.717) is 33.2 Å². The second-order valence-corrected chi connectivity index (χ2v) is 6.20. The van der Waals surface area contributed by atoms with E-state index in [9.17, 15) is 4.79 Å². The van der Waals surface area contributed by atoms with Crippen LogP contribution in [-0.4, -0.2) is 21.1 Å². The van der Waals surface area contributed by atoms with E-state index in [1.807, 2.05) is 0 Å². The molecule has 1 aromatic heterocycles. The summed E-state index contributed by atoms with van der Waals surface area (Å²) in [7, 11) is 0. The largest absolute Gasteiger partial charge is 0.339 e. The van der Waals surface area contributed by atoms with Gasteiger partial charge in [-0.1, -0.05) is 23.2 Å². The molecule has 0 saturated heterocycles. The van der Waals surface area contributed by atoms with Crippen LogP contribution in [0.1, 0.15) is 6.92 Å². The molecule has 7 nitrogen and oxygen atoms in total. The van der Waals surface area contributed by atoms with Gasteiger partial charge in [0.25, 0.3) is 0 Å². The van der Waals surface area contributed by atoms with Crippen molar-refractivity contribution >= 4 is 57.9 Å². The number of carbonyl (C=O) groups excluding carboxylic acids is 1. The number of nitrogens with one attached hydrogen (secondary N) is 3. The Morgan fingerprint density at radius 3 is 2.23 bits per heavy atom. The SMILES string of the molecule is CC(=O)Nc1ccc(Nc2nncc(Nc3cc(Cl)cc(Cl)c3)n2)cc1. The van der Waals surface area contributed by atoms with Gasteiger partial charge in [0.1, 0.15) is 0 Å². The van der Waals surface area contributed by atoms with Crippen LogP contribution in [0.4, 0.5) is 28.8 Å². The second-order valence-electron chi connectivity index (χ2n) is 5.33. The van der Waals surface area contributed by atoms with Crippen LogP contribution in [0, 0.1) is 0 Å². The van der Waals surface area contributed by atoms with Gasteiger partial charge in [-0.05, 0) is 42.5 Å². The average Bonchev–Trinajstić information content (AvgIpc) is 2.55. The summed E-state index contributed by atoms with van der Waals surface area (Å²) >= 11 is 12.0. The number of hydrogen-bond acceptors (Lipinski definition) is 6. The monoisotopic (exact) mass is 388 g/mol. The number of aromatic nitrogens is 3. The van der Waals surface area contributed by atoms with Gasteiger partial charge in [0.15, 0.2) is 5.82 Å². The van der Waals surface area contributed by atoms with E-state index >= 15 is 0 Å². The molecular formula is C17H14Cl2N6O. The van der Waals surface area contributed by atoms with Crippen molar-refractivity contribution in [3.63, 3.8) is 0 Å². The Balaban J connectivity index is 1.71. The quantitative estimate of drug-likeness (QED) is 0.590. The third-order valence-electron chi connectivity index (χ3n) is 3.16. The Morgan fingerprint density at radius 2 is 1.58 bits per heavy atom. The van der Waals surface area contributed by atoms with Gasteiger partial charge in [-0.2, -0.15) is 10.1 Å². The Labute approximate surface area is 159 Å². The van der Waals surface area contributed by atoms with Crippen molar-refractivity contribution in [2.75, 3.05) is 16.0 Å². The minimum absolute atomic E-state index is 0.127. The van der Waals surface area contributed by atoms with Gasteiger partial charge < -0.3 is 16.0 Å². The van der Waals surface area contributed by atoms with Crippen molar-refractivity contribution in [3.8, 4) is 0 Å². The summed E-state index contributed by atoms with van der Waals surface area (Å²) in [6.45, 7) is 1.46. The molecule has 3 aromatic rings. The maximum atomic E-state index is 11.0. The molecule has 3 N–H and O–H groups in total. The highest BCUT2D eigenvalue weighted by molar-refractivity contribution is 6.35. The summed E-state index contributed by atoms with van der Waals surface area (Å²) in [6, 6.07) is 12.2. The van der Waals surface area contributed by atoms with E-state index in [1.165, 1.54) is 13.1 Å². The van der Waals surface area contributed by atoms with Crippen LogP contribution >= 0.6 is 23.2 Å². The highest BCUT2D eigenvalue weighted by atomic mass is 35.5. The zero-order chi connectivity index (χ0) is 18.5. The molecule has 2 aromatic carbocycles. The number of rotatable bonds is 5. The molecule has 0 atom stereocenters. The van der Waals surface area contributed by atoms with Gasteiger partial charge in [0.05, 0.1) is 6.20 Å². The van der Waals surface area contributed by atoms with Gasteiger partial charge in [-0.3, -0.25) is 4.79 Å². The smallest absolute Gasteiger partial charge is 0.249 e. The summed E-state index contributed by atoms with van der Waals surface area (Å²) in [5.41, 5.74) is 2.15. The molecule has 0 spiro atoms. The first kappa shape index (κ1) is 17.9. The number of anilines is 5. The number of nitrogens with zero attached hydrogens (tertiary/aromatic N) is 3. The molecule has 9 heteroatoms. The normalized spacial score (nSPS) is 10.3. The highest BCUT2D eigenvalue weighted by Gasteiger charge is 2.04. The van der Waals surface area contributed by atoms with E-state index in [2.05, 4.69) is 31.1 Å². The van der Waals surface area contributed by atoms with Crippen LogP contribution in [0.5, 0.6) is 0 Å². The lowest BCUT2D eigenvalue weighted by atomic mass is 10.3. The van der Waals surface area contributed by atoms with Crippen LogP contribution < -0.4 is 16.0 Å². The highest BCUT2D eigenvalue weighted by Crippen LogP contribution is 2.25. The molecule has 0 unspecified atom stereocenters. The predicted octanol–water partition coefficient (Wildman–Crippen LogP) is 4.62. The molecule has 0 bridgehead atoms. The maximum absolute atomic E-state index is 11.0. The van der Waals surface area contributed by atoms with Gasteiger partial charge in [-0.15, -0.1) is 5.10 Å². The third-order valence-corrected chi connectivity index (χ3v) is 3.59. The molecule has 0 aliphatic carbocycles. The van der Waals surface area contributed by atoms with Crippen LogP contribution in [0.15, 0.2) is 48.7 Å². The second kappa shape index (κ2) is 7.99. The van der Waals surface area contributed by atoms with Crippen molar-refractivity contribution in [2.45, 2.75) is 6.92 Å². The number of amides is 1. The van der Waals surface area contributed by atoms with Crippen LogP contribution in [-0.2, 0) is 4.79 Å². The van der Waals surface area contributed by atoms with E-state index in [-0.39, 0.29) is 5.91 Å². The molecule has 0 aliphatic heterocycles. The Morgan fingerprint density at radius 1 is 0.923 bits per heavy atom. The molecule has 26 heavy (non-hydrogen) atoms. The number of hydrogen-bond donors (Lipinski definition) is 3. The van der Waals surface area contributed by atoms with Crippen molar-refractivity contribution in [1.29, 1.82) is 0 Å². The first-order valence-corrected chi connectivity index (χ1v) is 8.31. The Hall–Kier alpha value is -2.90. The van der Waals surface area contributed by atoms with E-state index in [0.717, 1.165) is 5.69 Å². The summed E-state index contributed by atoms with van der Waals surface area (Å²) in [5, 5.41) is 17.7. The van der Waals surface area contributed by atoms with E-state index in [1.54, 1.807) is 42.5 Å². The minimum atomic E-state index is -0.127. The van der Waals surface area contributed by atoms with Crippen molar-refractivity contribution in [1.82, 2.24) is 15.2 Å². The van der Waals surface area contributed by atoms with Gasteiger partial charge >= 0.3 is 0 Å². The summed E-state index contributed by atoms with van der Waals surface area (Å²) in [4.78, 5) is 15.4. The van der Waals surface area contributed by atoms with Crippen molar-refractivity contribution in [2.24, 2.45) is 0 Å². The van der Waals surface area contributed by atoms with Crippen molar-refractivity contribution < 1.29 is 4.79 Å². The fourth-order valence-electron chi connectivity index (χ4n) is 2.16. The fourth-order valence-corrected chi connectivity index (χ4v) is 2.69. The zero-order valence-electron chi connectivity index (χ0n) is 13.6. The minimum Gasteiger partial charge on any atom is -0.339 e. The summed E-state index contributed by atoms with van der Waals surface area (Å²) < 4.78 is 0. The first-order valence-electron chi connectivity index (χ1n) is 7.55. The summed E-state index contributed by atoms with van der Waals surface area (Å²) in [6.07, 6.45) is 1.49. The van der Waals surface area contributed by atoms with Gasteiger partial charge in [0, 0.05) is 34.0 Å². The van der Waals surface area contributed by atoms with Crippen LogP contribution in [0.2, 0.25) is 10.0 Å². The topological polar surface area (TPSA) is 91.8 Å². The molecule has 3 rings (SSSR count). The number of halogens is 2. The molecule has 0 fully saturated rings. The zero-order valence-corrected chi connectivity index (χ0v) is 15.1. The lowest BCUT2D eigenvalue weighted by Gasteiger charge is -2.09. The molecular weight excluding hydrogens is 375 g/mol. The lowest BCUT2D eigenvalue weighted by Crippen LogP contribution is -2.06. The van der Waals surface area contributed by atoms with Gasteiger partial charge in [-0.25, -0.2) is 0 Å². The lowest BCUT2D eigenvalue weighted by molar-refractivity contribution is -0.114. The standard InChI is InChI=1S/C17H14Cl2N6O/c1-10(26)21-13-2-4-14(5-3-13)23-17-24-16(9-20-25-17)22-15-7-11(18)6-12(19)8-15/h2-9H,1H3,(H,21,26)(H2,22,23,24,25). The third kappa shape index (κ3) is 5.05. The number of benzene rings is 2. The fraction of sp³-hybridized carbons (Fsp3) is 0.0588. The summed E-state index contributed by atoms with van der Waals surface area (Å²) in [5.74, 6) is 0.671. The van der Waals surface area contributed by atoms with Crippen molar-refractivity contribution in [3.05, 3.63) is 58.7 Å². The maximum Gasteiger partial charge on any atom is 0.249 e. The van der Waals surface area contributed by atoms with Crippen LogP contribution in [0.3, 0.4) is 0 Å². The first-order chi connectivity index (χ1) is 12.5.